The fraction of sp³-hybridized carbons (Fsp3) is 0.545. The normalized spacial score (nSPS) is 23.4. The molecule has 1 aromatic rings. The molecule has 1 aromatic heterocycles. The molecule has 1 aliphatic rings. The predicted molar refractivity (Wildman–Crippen MR) is 64.5 cm³/mol. The van der Waals surface area contributed by atoms with Crippen molar-refractivity contribution in [2.45, 2.75) is 12.2 Å². The van der Waals surface area contributed by atoms with Gasteiger partial charge in [0.1, 0.15) is 23.1 Å². The van der Waals surface area contributed by atoms with Gasteiger partial charge < -0.3 is 14.4 Å². The molecule has 7 heteroatoms. The Labute approximate surface area is 110 Å². The van der Waals surface area contributed by atoms with Gasteiger partial charge in [0.2, 0.25) is 0 Å². The van der Waals surface area contributed by atoms with Crippen molar-refractivity contribution in [3.05, 3.63) is 23.2 Å². The summed E-state index contributed by atoms with van der Waals surface area (Å²) in [5.41, 5.74) is 0.231. The molecule has 2 heterocycles. The minimum atomic E-state index is -0.216. The third kappa shape index (κ3) is 2.60. The molecule has 0 aromatic carbocycles. The number of ether oxygens (including phenoxy) is 2. The van der Waals surface area contributed by atoms with Crippen LogP contribution in [-0.4, -0.2) is 60.3 Å². The van der Waals surface area contributed by atoms with Gasteiger partial charge in [0.05, 0.1) is 12.4 Å². The topological polar surface area (TPSA) is 64.5 Å². The van der Waals surface area contributed by atoms with Crippen LogP contribution in [0.1, 0.15) is 10.5 Å². The smallest absolute Gasteiger partial charge is 0.274 e. The molecule has 0 saturated carbocycles. The van der Waals surface area contributed by atoms with E-state index < -0.39 is 0 Å². The number of rotatable bonds is 3. The van der Waals surface area contributed by atoms with E-state index in [1.807, 2.05) is 0 Å². The van der Waals surface area contributed by atoms with Gasteiger partial charge in [-0.1, -0.05) is 11.6 Å². The molecule has 1 saturated heterocycles. The highest BCUT2D eigenvalue weighted by Crippen LogP contribution is 2.18. The van der Waals surface area contributed by atoms with Crippen LogP contribution in [0.15, 0.2) is 12.4 Å². The van der Waals surface area contributed by atoms with E-state index in [1.165, 1.54) is 12.4 Å². The van der Waals surface area contributed by atoms with E-state index in [-0.39, 0.29) is 29.0 Å². The first-order chi connectivity index (χ1) is 8.65. The highest BCUT2D eigenvalue weighted by Gasteiger charge is 2.36. The van der Waals surface area contributed by atoms with Crippen molar-refractivity contribution in [2.75, 3.05) is 27.3 Å². The van der Waals surface area contributed by atoms with E-state index in [2.05, 4.69) is 9.97 Å². The number of hydrogen-bond acceptors (Lipinski definition) is 5. The molecule has 0 bridgehead atoms. The molecule has 0 N–H and O–H groups in total. The number of hydrogen-bond donors (Lipinski definition) is 0. The summed E-state index contributed by atoms with van der Waals surface area (Å²) in [6, 6.07) is 0. The van der Waals surface area contributed by atoms with Gasteiger partial charge in [-0.3, -0.25) is 9.78 Å². The summed E-state index contributed by atoms with van der Waals surface area (Å²) in [5, 5.41) is 0.201. The largest absolute Gasteiger partial charge is 0.377 e. The Hall–Kier alpha value is -1.24. The summed E-state index contributed by atoms with van der Waals surface area (Å²) >= 11 is 5.71. The van der Waals surface area contributed by atoms with Gasteiger partial charge in [0.15, 0.2) is 0 Å². The second-order valence-electron chi connectivity index (χ2n) is 3.99. The van der Waals surface area contributed by atoms with E-state index in [9.17, 15) is 4.79 Å². The fourth-order valence-electron chi connectivity index (χ4n) is 1.97. The van der Waals surface area contributed by atoms with Crippen molar-refractivity contribution in [2.24, 2.45) is 0 Å². The van der Waals surface area contributed by atoms with Crippen LogP contribution in [0.3, 0.4) is 0 Å². The Balaban J connectivity index is 2.11. The maximum Gasteiger partial charge on any atom is 0.274 e. The lowest BCUT2D eigenvalue weighted by atomic mass is 10.3. The predicted octanol–water partition coefficient (Wildman–Crippen LogP) is 0.616. The van der Waals surface area contributed by atoms with Crippen LogP contribution in [0, 0.1) is 0 Å². The first kappa shape index (κ1) is 13.2. The third-order valence-corrected chi connectivity index (χ3v) is 3.11. The summed E-state index contributed by atoms with van der Waals surface area (Å²) in [5.74, 6) is -0.216. The van der Waals surface area contributed by atoms with Crippen molar-refractivity contribution in [3.63, 3.8) is 0 Å². The SMILES string of the molecule is COC1CN(C(=O)c2cncc(Cl)n2)CC1OC. The number of likely N-dealkylation sites (tertiary alicyclic amines) is 1. The summed E-state index contributed by atoms with van der Waals surface area (Å²) in [7, 11) is 3.20. The maximum atomic E-state index is 12.2. The third-order valence-electron chi connectivity index (χ3n) is 2.93. The molecular weight excluding hydrogens is 258 g/mol. The first-order valence-electron chi connectivity index (χ1n) is 5.48. The number of nitrogens with zero attached hydrogens (tertiary/aromatic N) is 3. The average molecular weight is 272 g/mol. The molecule has 6 nitrogen and oxygen atoms in total. The zero-order valence-corrected chi connectivity index (χ0v) is 10.9. The summed E-state index contributed by atoms with van der Waals surface area (Å²) in [6.45, 7) is 0.948. The van der Waals surface area contributed by atoms with Crippen LogP contribution in [0.2, 0.25) is 5.15 Å². The number of carbonyl (C=O) groups is 1. The monoisotopic (exact) mass is 271 g/mol. The van der Waals surface area contributed by atoms with Crippen LogP contribution in [0.25, 0.3) is 0 Å². The van der Waals surface area contributed by atoms with Crippen LogP contribution in [-0.2, 0) is 9.47 Å². The number of carbonyl (C=O) groups excluding carboxylic acids is 1. The van der Waals surface area contributed by atoms with E-state index >= 15 is 0 Å². The molecule has 2 rings (SSSR count). The second-order valence-corrected chi connectivity index (χ2v) is 4.37. The maximum absolute atomic E-state index is 12.2. The van der Waals surface area contributed by atoms with E-state index in [0.717, 1.165) is 0 Å². The lowest BCUT2D eigenvalue weighted by Gasteiger charge is -2.14. The Morgan fingerprint density at radius 3 is 2.44 bits per heavy atom. The van der Waals surface area contributed by atoms with E-state index in [1.54, 1.807) is 19.1 Å². The lowest BCUT2D eigenvalue weighted by molar-refractivity contribution is -0.00461. The molecule has 0 aliphatic carbocycles. The first-order valence-corrected chi connectivity index (χ1v) is 5.86. The quantitative estimate of drug-likeness (QED) is 0.806. The van der Waals surface area contributed by atoms with Crippen LogP contribution in [0.4, 0.5) is 0 Å². The minimum Gasteiger partial charge on any atom is -0.377 e. The molecular formula is C11H14ClN3O3. The Morgan fingerprint density at radius 2 is 1.94 bits per heavy atom. The molecule has 98 valence electrons. The molecule has 2 atom stereocenters. The molecule has 1 fully saturated rings. The van der Waals surface area contributed by atoms with Crippen molar-refractivity contribution in [3.8, 4) is 0 Å². The van der Waals surface area contributed by atoms with Crippen molar-refractivity contribution in [1.29, 1.82) is 0 Å². The molecule has 18 heavy (non-hydrogen) atoms. The van der Waals surface area contributed by atoms with Gasteiger partial charge in [0.25, 0.3) is 5.91 Å². The number of methoxy groups -OCH3 is 2. The average Bonchev–Trinajstić information content (AvgIpc) is 2.81. The number of amides is 1. The molecule has 0 radical (unpaired) electrons. The van der Waals surface area contributed by atoms with Crippen molar-refractivity contribution < 1.29 is 14.3 Å². The Kier molecular flexibility index (Phi) is 4.11. The Bertz CT molecular complexity index is 431. The fourth-order valence-corrected chi connectivity index (χ4v) is 2.12. The van der Waals surface area contributed by atoms with Crippen LogP contribution >= 0.6 is 11.6 Å². The molecule has 0 spiro atoms. The van der Waals surface area contributed by atoms with Gasteiger partial charge >= 0.3 is 0 Å². The van der Waals surface area contributed by atoms with Crippen LogP contribution < -0.4 is 0 Å². The highest BCUT2D eigenvalue weighted by molar-refractivity contribution is 6.29. The van der Waals surface area contributed by atoms with Gasteiger partial charge in [-0.25, -0.2) is 4.98 Å². The van der Waals surface area contributed by atoms with Gasteiger partial charge in [-0.15, -0.1) is 0 Å². The van der Waals surface area contributed by atoms with Crippen molar-refractivity contribution in [1.82, 2.24) is 14.9 Å². The zero-order chi connectivity index (χ0) is 13.1. The zero-order valence-electron chi connectivity index (χ0n) is 10.2. The van der Waals surface area contributed by atoms with Gasteiger partial charge in [-0.2, -0.15) is 0 Å². The van der Waals surface area contributed by atoms with Crippen molar-refractivity contribution >= 4 is 17.5 Å². The molecule has 1 amide bonds. The standard InChI is InChI=1S/C11H14ClN3O3/c1-17-8-5-15(6-9(8)18-2)11(16)7-3-13-4-10(12)14-7/h3-4,8-9H,5-6H2,1-2H3. The lowest BCUT2D eigenvalue weighted by Crippen LogP contribution is -2.30. The highest BCUT2D eigenvalue weighted by atomic mass is 35.5. The van der Waals surface area contributed by atoms with Gasteiger partial charge in [-0.05, 0) is 0 Å². The summed E-state index contributed by atoms with van der Waals surface area (Å²) in [4.78, 5) is 21.6. The number of aromatic nitrogens is 2. The Morgan fingerprint density at radius 1 is 1.33 bits per heavy atom. The summed E-state index contributed by atoms with van der Waals surface area (Å²) < 4.78 is 10.5. The molecule has 2 unspecified atom stereocenters. The second kappa shape index (κ2) is 5.60. The van der Waals surface area contributed by atoms with Crippen LogP contribution in [0.5, 0.6) is 0 Å². The number of halogens is 1. The minimum absolute atomic E-state index is 0.119. The van der Waals surface area contributed by atoms with E-state index in [0.29, 0.717) is 13.1 Å². The summed E-state index contributed by atoms with van der Waals surface area (Å²) in [6.07, 6.45) is 2.55. The van der Waals surface area contributed by atoms with Gasteiger partial charge in [0, 0.05) is 27.3 Å². The molecule has 1 aliphatic heterocycles. The van der Waals surface area contributed by atoms with E-state index in [4.69, 9.17) is 21.1 Å².